The van der Waals surface area contributed by atoms with Gasteiger partial charge in [0, 0.05) is 13.1 Å². The van der Waals surface area contributed by atoms with Crippen molar-refractivity contribution < 1.29 is 4.79 Å². The Labute approximate surface area is 133 Å². The molecule has 0 radical (unpaired) electrons. The molecule has 0 bridgehead atoms. The average Bonchev–Trinajstić information content (AvgIpc) is 2.94. The Balaban J connectivity index is 1.50. The van der Waals surface area contributed by atoms with E-state index in [9.17, 15) is 9.59 Å². The highest BCUT2D eigenvalue weighted by atomic mass is 32.1. The van der Waals surface area contributed by atoms with E-state index in [0.29, 0.717) is 5.92 Å². The lowest BCUT2D eigenvalue weighted by atomic mass is 9.90. The molecule has 0 N–H and O–H groups in total. The number of likely N-dealkylation sites (tertiary alicyclic amines) is 1. The Kier molecular flexibility index (Phi) is 4.68. The maximum absolute atomic E-state index is 12.2. The van der Waals surface area contributed by atoms with Gasteiger partial charge in [-0.25, -0.2) is 4.68 Å². The number of piperidine rings is 1. The summed E-state index contributed by atoms with van der Waals surface area (Å²) in [5.74, 6) is 0.625. The standard InChI is InChI=1S/C16H19N3O2S/c20-15(11-19-16(21)22-12-17-19)18-8-6-14(7-9-18)10-13-4-2-1-3-5-13/h1-5,12,14H,6-11H2. The molecule has 0 atom stereocenters. The number of aromatic nitrogens is 2. The summed E-state index contributed by atoms with van der Waals surface area (Å²) in [5, 5.41) is 3.90. The minimum atomic E-state index is -0.174. The fraction of sp³-hybridized carbons (Fsp3) is 0.438. The van der Waals surface area contributed by atoms with E-state index in [0.717, 1.165) is 43.7 Å². The lowest BCUT2D eigenvalue weighted by Crippen LogP contribution is -2.41. The van der Waals surface area contributed by atoms with E-state index in [-0.39, 0.29) is 17.3 Å². The van der Waals surface area contributed by atoms with Gasteiger partial charge in [0.1, 0.15) is 12.1 Å². The Morgan fingerprint density at radius 3 is 2.59 bits per heavy atom. The number of amides is 1. The van der Waals surface area contributed by atoms with Crippen LogP contribution in [0.15, 0.2) is 40.6 Å². The van der Waals surface area contributed by atoms with Crippen LogP contribution < -0.4 is 4.87 Å². The highest BCUT2D eigenvalue weighted by Crippen LogP contribution is 2.21. The van der Waals surface area contributed by atoms with Crippen molar-refractivity contribution in [2.75, 3.05) is 13.1 Å². The molecule has 3 rings (SSSR count). The largest absolute Gasteiger partial charge is 0.341 e. The first kappa shape index (κ1) is 15.0. The van der Waals surface area contributed by atoms with Gasteiger partial charge >= 0.3 is 4.87 Å². The molecular weight excluding hydrogens is 298 g/mol. The Bertz CT molecular complexity index is 672. The fourth-order valence-corrected chi connectivity index (χ4v) is 3.39. The number of carbonyl (C=O) groups excluding carboxylic acids is 1. The van der Waals surface area contributed by atoms with Gasteiger partial charge in [-0.1, -0.05) is 41.7 Å². The van der Waals surface area contributed by atoms with E-state index in [4.69, 9.17) is 0 Å². The third-order valence-corrected chi connectivity index (χ3v) is 4.78. The second-order valence-electron chi connectivity index (χ2n) is 5.68. The molecule has 1 amide bonds. The van der Waals surface area contributed by atoms with E-state index < -0.39 is 0 Å². The lowest BCUT2D eigenvalue weighted by molar-refractivity contribution is -0.133. The van der Waals surface area contributed by atoms with Gasteiger partial charge in [-0.3, -0.25) is 9.59 Å². The number of hydrogen-bond acceptors (Lipinski definition) is 4. The van der Waals surface area contributed by atoms with Crippen molar-refractivity contribution in [1.29, 1.82) is 0 Å². The van der Waals surface area contributed by atoms with Crippen molar-refractivity contribution in [3.63, 3.8) is 0 Å². The Hall–Kier alpha value is -1.95. The van der Waals surface area contributed by atoms with Crippen molar-refractivity contribution >= 4 is 17.2 Å². The predicted molar refractivity (Wildman–Crippen MR) is 85.8 cm³/mol. The van der Waals surface area contributed by atoms with Crippen molar-refractivity contribution in [1.82, 2.24) is 14.7 Å². The summed E-state index contributed by atoms with van der Waals surface area (Å²) in [6.45, 7) is 1.61. The number of carbonyl (C=O) groups is 1. The van der Waals surface area contributed by atoms with Gasteiger partial charge in [-0.05, 0) is 30.7 Å². The molecular formula is C16H19N3O2S. The zero-order valence-corrected chi connectivity index (χ0v) is 13.2. The van der Waals surface area contributed by atoms with E-state index in [2.05, 4.69) is 29.4 Å². The van der Waals surface area contributed by atoms with Crippen molar-refractivity contribution in [2.24, 2.45) is 5.92 Å². The second-order valence-corrected chi connectivity index (χ2v) is 6.47. The minimum absolute atomic E-state index is 0.00818. The Morgan fingerprint density at radius 1 is 1.23 bits per heavy atom. The van der Waals surface area contributed by atoms with Gasteiger partial charge in [0.25, 0.3) is 0 Å². The highest BCUT2D eigenvalue weighted by molar-refractivity contribution is 7.06. The minimum Gasteiger partial charge on any atom is -0.341 e. The monoisotopic (exact) mass is 317 g/mol. The molecule has 116 valence electrons. The van der Waals surface area contributed by atoms with E-state index in [1.54, 1.807) is 0 Å². The molecule has 22 heavy (non-hydrogen) atoms. The molecule has 6 heteroatoms. The van der Waals surface area contributed by atoms with Crippen LogP contribution in [0.25, 0.3) is 0 Å². The molecule has 0 saturated carbocycles. The van der Waals surface area contributed by atoms with Crippen molar-refractivity contribution in [3.05, 3.63) is 51.1 Å². The van der Waals surface area contributed by atoms with Gasteiger partial charge in [0.2, 0.25) is 5.91 Å². The molecule has 2 heterocycles. The SMILES string of the molecule is O=C(Cn1ncsc1=O)N1CCC(Cc2ccccc2)CC1. The van der Waals surface area contributed by atoms with Gasteiger partial charge in [0.15, 0.2) is 0 Å². The Morgan fingerprint density at radius 2 is 1.95 bits per heavy atom. The molecule has 2 aromatic rings. The average molecular weight is 317 g/mol. The van der Waals surface area contributed by atoms with Crippen molar-refractivity contribution in [3.8, 4) is 0 Å². The zero-order chi connectivity index (χ0) is 15.4. The molecule has 1 fully saturated rings. The summed E-state index contributed by atoms with van der Waals surface area (Å²) < 4.78 is 1.24. The molecule has 0 aliphatic carbocycles. The first-order chi connectivity index (χ1) is 10.7. The maximum atomic E-state index is 12.2. The van der Waals surface area contributed by atoms with Crippen molar-refractivity contribution in [2.45, 2.75) is 25.8 Å². The number of rotatable bonds is 4. The fourth-order valence-electron chi connectivity index (χ4n) is 2.90. The molecule has 1 aromatic heterocycles. The smallest absolute Gasteiger partial charge is 0.325 e. The van der Waals surface area contributed by atoms with Crippen LogP contribution in [0.1, 0.15) is 18.4 Å². The highest BCUT2D eigenvalue weighted by Gasteiger charge is 2.23. The van der Waals surface area contributed by atoms with Crippen LogP contribution in [0.3, 0.4) is 0 Å². The molecule has 5 nitrogen and oxygen atoms in total. The molecule has 0 spiro atoms. The summed E-state index contributed by atoms with van der Waals surface area (Å²) in [5.41, 5.74) is 2.84. The van der Waals surface area contributed by atoms with Crippen LogP contribution in [0, 0.1) is 5.92 Å². The number of benzene rings is 1. The topological polar surface area (TPSA) is 55.2 Å². The first-order valence-corrected chi connectivity index (χ1v) is 8.42. The van der Waals surface area contributed by atoms with Crippen LogP contribution in [0.4, 0.5) is 0 Å². The van der Waals surface area contributed by atoms with Gasteiger partial charge in [-0.2, -0.15) is 5.10 Å². The molecule has 1 aliphatic heterocycles. The van der Waals surface area contributed by atoms with Crippen LogP contribution in [-0.4, -0.2) is 33.7 Å². The number of hydrogen-bond donors (Lipinski definition) is 0. The summed E-state index contributed by atoms with van der Waals surface area (Å²) in [4.78, 5) is 25.3. The summed E-state index contributed by atoms with van der Waals surface area (Å²) in [6, 6.07) is 10.5. The van der Waals surface area contributed by atoms with Crippen LogP contribution in [-0.2, 0) is 17.8 Å². The zero-order valence-electron chi connectivity index (χ0n) is 12.4. The lowest BCUT2D eigenvalue weighted by Gasteiger charge is -2.32. The molecule has 1 saturated heterocycles. The molecule has 1 aliphatic rings. The van der Waals surface area contributed by atoms with E-state index in [1.165, 1.54) is 15.8 Å². The summed E-state index contributed by atoms with van der Waals surface area (Å²) >= 11 is 1.02. The first-order valence-electron chi connectivity index (χ1n) is 7.54. The molecule has 0 unspecified atom stereocenters. The molecule has 1 aromatic carbocycles. The summed E-state index contributed by atoms with van der Waals surface area (Å²) in [7, 11) is 0. The van der Waals surface area contributed by atoms with Gasteiger partial charge in [-0.15, -0.1) is 0 Å². The second kappa shape index (κ2) is 6.87. The van der Waals surface area contributed by atoms with E-state index in [1.807, 2.05) is 11.0 Å². The number of nitrogens with zero attached hydrogens (tertiary/aromatic N) is 3. The van der Waals surface area contributed by atoms with Gasteiger partial charge < -0.3 is 4.90 Å². The van der Waals surface area contributed by atoms with Crippen LogP contribution in [0.2, 0.25) is 0 Å². The van der Waals surface area contributed by atoms with Crippen LogP contribution >= 0.6 is 11.3 Å². The maximum Gasteiger partial charge on any atom is 0.325 e. The quantitative estimate of drug-likeness (QED) is 0.864. The van der Waals surface area contributed by atoms with E-state index >= 15 is 0 Å². The normalized spacial score (nSPS) is 15.9. The van der Waals surface area contributed by atoms with Crippen LogP contribution in [0.5, 0.6) is 0 Å². The third kappa shape index (κ3) is 3.62. The summed E-state index contributed by atoms with van der Waals surface area (Å²) in [6.07, 6.45) is 3.12. The van der Waals surface area contributed by atoms with Gasteiger partial charge in [0.05, 0.1) is 0 Å². The third-order valence-electron chi connectivity index (χ3n) is 4.17. The predicted octanol–water partition coefficient (Wildman–Crippen LogP) is 1.79.